The van der Waals surface area contributed by atoms with E-state index in [0.717, 1.165) is 35.7 Å². The van der Waals surface area contributed by atoms with Crippen molar-refractivity contribution in [2.45, 2.75) is 38.1 Å². The molecular weight excluding hydrogens is 302 g/mol. The monoisotopic (exact) mass is 325 g/mol. The molecule has 0 unspecified atom stereocenters. The predicted molar refractivity (Wildman–Crippen MR) is 84.5 cm³/mol. The highest BCUT2D eigenvalue weighted by atomic mass is 32.2. The first kappa shape index (κ1) is 15.6. The van der Waals surface area contributed by atoms with Gasteiger partial charge in [-0.15, -0.1) is 0 Å². The van der Waals surface area contributed by atoms with Crippen LogP contribution in [0, 0.1) is 5.92 Å². The number of amides is 4. The summed E-state index contributed by atoms with van der Waals surface area (Å²) in [7, 11) is 0. The molecule has 0 aromatic heterocycles. The molecule has 0 bridgehead atoms. The lowest BCUT2D eigenvalue weighted by molar-refractivity contribution is -0.140. The number of hydrogen-bond donors (Lipinski definition) is 1. The van der Waals surface area contributed by atoms with E-state index in [0.29, 0.717) is 19.5 Å². The SMILES string of the molecule is C[C@@H]1CCCC[C@@]12NC(=O)N(CC(=O)N1CCSCC1)C2=O. The summed E-state index contributed by atoms with van der Waals surface area (Å²) in [6, 6.07) is -0.404. The molecule has 1 N–H and O–H groups in total. The van der Waals surface area contributed by atoms with Crippen LogP contribution in [-0.4, -0.2) is 64.3 Å². The zero-order chi connectivity index (χ0) is 15.7. The third kappa shape index (κ3) is 2.59. The van der Waals surface area contributed by atoms with Gasteiger partial charge in [0.25, 0.3) is 5.91 Å². The summed E-state index contributed by atoms with van der Waals surface area (Å²) >= 11 is 1.82. The molecule has 0 aromatic carbocycles. The molecular formula is C15H23N3O3S. The fraction of sp³-hybridized carbons (Fsp3) is 0.800. The maximum absolute atomic E-state index is 12.8. The maximum atomic E-state index is 12.8. The van der Waals surface area contributed by atoms with Crippen molar-refractivity contribution in [1.29, 1.82) is 0 Å². The van der Waals surface area contributed by atoms with Gasteiger partial charge in [0, 0.05) is 24.6 Å². The highest BCUT2D eigenvalue weighted by Crippen LogP contribution is 2.38. The van der Waals surface area contributed by atoms with Crippen LogP contribution in [0.15, 0.2) is 0 Å². The van der Waals surface area contributed by atoms with Gasteiger partial charge >= 0.3 is 6.03 Å². The molecule has 1 aliphatic carbocycles. The highest BCUT2D eigenvalue weighted by molar-refractivity contribution is 7.99. The van der Waals surface area contributed by atoms with Gasteiger partial charge in [0.15, 0.2) is 0 Å². The molecule has 0 aromatic rings. The molecule has 2 atom stereocenters. The van der Waals surface area contributed by atoms with Crippen LogP contribution in [0.5, 0.6) is 0 Å². The number of nitrogens with one attached hydrogen (secondary N) is 1. The summed E-state index contributed by atoms with van der Waals surface area (Å²) in [5, 5.41) is 2.89. The molecule has 1 spiro atoms. The standard InChI is InChI=1S/C15H23N3O3S/c1-11-4-2-3-5-15(11)13(20)18(14(21)16-15)10-12(19)17-6-8-22-9-7-17/h11H,2-10H2,1H3,(H,16,21)/t11-,15-/m1/s1. The fourth-order valence-electron chi connectivity index (χ4n) is 3.69. The van der Waals surface area contributed by atoms with Crippen molar-refractivity contribution in [2.24, 2.45) is 5.92 Å². The highest BCUT2D eigenvalue weighted by Gasteiger charge is 2.55. The first-order valence-corrected chi connectivity index (χ1v) is 9.20. The summed E-state index contributed by atoms with van der Waals surface area (Å²) in [4.78, 5) is 40.3. The number of nitrogens with zero attached hydrogens (tertiary/aromatic N) is 2. The van der Waals surface area contributed by atoms with E-state index < -0.39 is 11.6 Å². The van der Waals surface area contributed by atoms with Crippen molar-refractivity contribution < 1.29 is 14.4 Å². The van der Waals surface area contributed by atoms with Gasteiger partial charge in [-0.1, -0.05) is 19.8 Å². The molecule has 1 saturated carbocycles. The first-order valence-electron chi connectivity index (χ1n) is 8.04. The minimum absolute atomic E-state index is 0.121. The quantitative estimate of drug-likeness (QED) is 0.771. The molecule has 6 nitrogen and oxygen atoms in total. The van der Waals surface area contributed by atoms with Crippen molar-refractivity contribution >= 4 is 29.6 Å². The van der Waals surface area contributed by atoms with Crippen LogP contribution in [0.1, 0.15) is 32.6 Å². The number of urea groups is 1. The number of carbonyl (C=O) groups excluding carboxylic acids is 3. The van der Waals surface area contributed by atoms with E-state index in [4.69, 9.17) is 0 Å². The van der Waals surface area contributed by atoms with E-state index in [-0.39, 0.29) is 24.3 Å². The van der Waals surface area contributed by atoms with Crippen molar-refractivity contribution in [2.75, 3.05) is 31.1 Å². The van der Waals surface area contributed by atoms with E-state index in [1.807, 2.05) is 18.7 Å². The van der Waals surface area contributed by atoms with Gasteiger partial charge in [-0.05, 0) is 18.8 Å². The predicted octanol–water partition coefficient (Wildman–Crippen LogP) is 1.06. The number of imide groups is 1. The Bertz CT molecular complexity index is 492. The van der Waals surface area contributed by atoms with Crippen molar-refractivity contribution in [3.63, 3.8) is 0 Å². The topological polar surface area (TPSA) is 69.7 Å². The van der Waals surface area contributed by atoms with Crippen molar-refractivity contribution in [3.05, 3.63) is 0 Å². The van der Waals surface area contributed by atoms with Gasteiger partial charge in [-0.3, -0.25) is 14.5 Å². The molecule has 122 valence electrons. The van der Waals surface area contributed by atoms with Crippen molar-refractivity contribution in [1.82, 2.24) is 15.1 Å². The van der Waals surface area contributed by atoms with E-state index in [1.54, 1.807) is 4.90 Å². The van der Waals surface area contributed by atoms with Crippen LogP contribution in [0.2, 0.25) is 0 Å². The summed E-state index contributed by atoms with van der Waals surface area (Å²) < 4.78 is 0. The second-order valence-electron chi connectivity index (χ2n) is 6.43. The fourth-order valence-corrected chi connectivity index (χ4v) is 4.59. The number of hydrogen-bond acceptors (Lipinski definition) is 4. The number of carbonyl (C=O) groups is 3. The lowest BCUT2D eigenvalue weighted by Gasteiger charge is -2.37. The minimum atomic E-state index is -0.770. The maximum Gasteiger partial charge on any atom is 0.325 e. The Kier molecular flexibility index (Phi) is 4.34. The van der Waals surface area contributed by atoms with Crippen LogP contribution < -0.4 is 5.32 Å². The Labute approximate surface area is 135 Å². The molecule has 3 fully saturated rings. The molecule has 2 aliphatic heterocycles. The minimum Gasteiger partial charge on any atom is -0.339 e. The van der Waals surface area contributed by atoms with Crippen LogP contribution in [0.3, 0.4) is 0 Å². The Morgan fingerprint density at radius 3 is 2.73 bits per heavy atom. The molecule has 2 heterocycles. The number of rotatable bonds is 2. The lowest BCUT2D eigenvalue weighted by atomic mass is 9.73. The first-order chi connectivity index (χ1) is 10.5. The largest absolute Gasteiger partial charge is 0.339 e. The average molecular weight is 325 g/mol. The third-order valence-corrected chi connectivity index (χ3v) is 6.10. The molecule has 3 aliphatic rings. The van der Waals surface area contributed by atoms with E-state index in [1.165, 1.54) is 0 Å². The van der Waals surface area contributed by atoms with E-state index >= 15 is 0 Å². The summed E-state index contributed by atoms with van der Waals surface area (Å²) in [5.41, 5.74) is -0.770. The van der Waals surface area contributed by atoms with E-state index in [9.17, 15) is 14.4 Å². The zero-order valence-electron chi connectivity index (χ0n) is 13.0. The van der Waals surface area contributed by atoms with Gasteiger partial charge in [0.1, 0.15) is 12.1 Å². The molecule has 4 amide bonds. The molecule has 7 heteroatoms. The van der Waals surface area contributed by atoms with Crippen LogP contribution in [-0.2, 0) is 9.59 Å². The smallest absolute Gasteiger partial charge is 0.325 e. The van der Waals surface area contributed by atoms with E-state index in [2.05, 4.69) is 5.32 Å². The van der Waals surface area contributed by atoms with Crippen LogP contribution in [0.4, 0.5) is 4.79 Å². The van der Waals surface area contributed by atoms with Crippen molar-refractivity contribution in [3.8, 4) is 0 Å². The normalized spacial score (nSPS) is 32.5. The van der Waals surface area contributed by atoms with Gasteiger partial charge < -0.3 is 10.2 Å². The molecule has 22 heavy (non-hydrogen) atoms. The van der Waals surface area contributed by atoms with Gasteiger partial charge in [-0.25, -0.2) is 4.79 Å². The van der Waals surface area contributed by atoms with Crippen LogP contribution >= 0.6 is 11.8 Å². The zero-order valence-corrected chi connectivity index (χ0v) is 13.8. The second kappa shape index (κ2) is 6.10. The van der Waals surface area contributed by atoms with Gasteiger partial charge in [0.05, 0.1) is 0 Å². The summed E-state index contributed by atoms with van der Waals surface area (Å²) in [5.74, 6) is 1.65. The Hall–Kier alpha value is -1.24. The Balaban J connectivity index is 1.70. The number of thioether (sulfide) groups is 1. The third-order valence-electron chi connectivity index (χ3n) is 5.16. The average Bonchev–Trinajstić information content (AvgIpc) is 2.76. The summed E-state index contributed by atoms with van der Waals surface area (Å²) in [6.45, 7) is 3.30. The lowest BCUT2D eigenvalue weighted by Crippen LogP contribution is -2.54. The Morgan fingerprint density at radius 1 is 1.32 bits per heavy atom. The van der Waals surface area contributed by atoms with Gasteiger partial charge in [0.2, 0.25) is 5.91 Å². The van der Waals surface area contributed by atoms with Crippen LogP contribution in [0.25, 0.3) is 0 Å². The Morgan fingerprint density at radius 2 is 2.05 bits per heavy atom. The van der Waals surface area contributed by atoms with Gasteiger partial charge in [-0.2, -0.15) is 11.8 Å². The summed E-state index contributed by atoms with van der Waals surface area (Å²) in [6.07, 6.45) is 3.67. The molecule has 3 rings (SSSR count). The molecule has 0 radical (unpaired) electrons. The molecule has 2 saturated heterocycles. The second-order valence-corrected chi connectivity index (χ2v) is 7.66.